The first kappa shape index (κ1) is 21.1. The first-order valence-corrected chi connectivity index (χ1v) is 7.64. The Balaban J connectivity index is 0.00000220. The highest BCUT2D eigenvalue weighted by molar-refractivity contribution is 7.09. The molecule has 0 radical (unpaired) electrons. The summed E-state index contributed by atoms with van der Waals surface area (Å²) in [6, 6.07) is 0. The van der Waals surface area contributed by atoms with Gasteiger partial charge in [-0.25, -0.2) is 4.98 Å². The quantitative estimate of drug-likeness (QED) is 0.728. The van der Waals surface area contributed by atoms with Gasteiger partial charge in [0.1, 0.15) is 5.01 Å². The topological polar surface area (TPSA) is 97.1 Å². The van der Waals surface area contributed by atoms with Gasteiger partial charge in [-0.3, -0.25) is 9.59 Å². The first-order chi connectivity index (χ1) is 9.55. The number of amides is 2. The van der Waals surface area contributed by atoms with Crippen molar-refractivity contribution < 1.29 is 9.59 Å². The molecule has 0 saturated heterocycles. The zero-order chi connectivity index (χ0) is 14.6. The first-order valence-electron chi connectivity index (χ1n) is 6.76. The second-order valence-corrected chi connectivity index (χ2v) is 5.97. The standard InChI is InChI=1S/C13H20N4O2S.2ClH/c1-9-8-20-12(16-9)13(4-2-3-5-13)17-11(19)7-15-10(18)6-14;;/h8H,2-7,14H2,1H3,(H,15,18)(H,17,19);2*1H. The smallest absolute Gasteiger partial charge is 0.240 e. The number of nitrogens with two attached hydrogens (primary N) is 1. The summed E-state index contributed by atoms with van der Waals surface area (Å²) < 4.78 is 0. The summed E-state index contributed by atoms with van der Waals surface area (Å²) in [5, 5.41) is 8.50. The fourth-order valence-electron chi connectivity index (χ4n) is 2.51. The second-order valence-electron chi connectivity index (χ2n) is 5.11. The van der Waals surface area contributed by atoms with Crippen molar-refractivity contribution in [3.8, 4) is 0 Å². The summed E-state index contributed by atoms with van der Waals surface area (Å²) in [6.07, 6.45) is 3.95. The summed E-state index contributed by atoms with van der Waals surface area (Å²) in [4.78, 5) is 27.6. The SMILES string of the molecule is Cc1csc(C2(NC(=O)CNC(=O)CN)CCCC2)n1.Cl.Cl. The van der Waals surface area contributed by atoms with Crippen molar-refractivity contribution in [2.24, 2.45) is 5.73 Å². The predicted molar refractivity (Wildman–Crippen MR) is 91.7 cm³/mol. The number of carbonyl (C=O) groups excluding carboxylic acids is 2. The molecule has 1 fully saturated rings. The van der Waals surface area contributed by atoms with E-state index in [-0.39, 0.29) is 55.3 Å². The lowest BCUT2D eigenvalue weighted by Crippen LogP contribution is -2.48. The maximum absolute atomic E-state index is 12.0. The van der Waals surface area contributed by atoms with Crippen molar-refractivity contribution in [2.75, 3.05) is 13.1 Å². The maximum Gasteiger partial charge on any atom is 0.240 e. The largest absolute Gasteiger partial charge is 0.346 e. The second kappa shape index (κ2) is 9.29. The number of halogens is 2. The number of hydrogen-bond acceptors (Lipinski definition) is 5. The van der Waals surface area contributed by atoms with E-state index in [0.29, 0.717) is 0 Å². The average molecular weight is 369 g/mol. The van der Waals surface area contributed by atoms with Crippen molar-refractivity contribution >= 4 is 48.0 Å². The van der Waals surface area contributed by atoms with Gasteiger partial charge in [0.2, 0.25) is 11.8 Å². The van der Waals surface area contributed by atoms with E-state index in [1.54, 1.807) is 11.3 Å². The molecule has 1 aromatic heterocycles. The monoisotopic (exact) mass is 368 g/mol. The molecule has 6 nitrogen and oxygen atoms in total. The Morgan fingerprint density at radius 3 is 2.45 bits per heavy atom. The fraction of sp³-hybridized carbons (Fsp3) is 0.615. The Hall–Kier alpha value is -0.890. The Kier molecular flexibility index (Phi) is 8.92. The number of carbonyl (C=O) groups is 2. The molecule has 1 aliphatic rings. The Labute approximate surface area is 146 Å². The highest BCUT2D eigenvalue weighted by Crippen LogP contribution is 2.39. The Morgan fingerprint density at radius 2 is 1.95 bits per heavy atom. The molecule has 1 saturated carbocycles. The van der Waals surface area contributed by atoms with Crippen molar-refractivity contribution in [3.63, 3.8) is 0 Å². The molecule has 1 aliphatic carbocycles. The van der Waals surface area contributed by atoms with E-state index in [4.69, 9.17) is 5.73 Å². The number of hydrogen-bond donors (Lipinski definition) is 3. The molecule has 2 amide bonds. The minimum atomic E-state index is -0.358. The number of nitrogens with zero attached hydrogens (tertiary/aromatic N) is 1. The highest BCUT2D eigenvalue weighted by atomic mass is 35.5. The van der Waals surface area contributed by atoms with E-state index in [0.717, 1.165) is 36.4 Å². The number of aryl methyl sites for hydroxylation is 1. The van der Waals surface area contributed by atoms with Crippen molar-refractivity contribution in [1.29, 1.82) is 0 Å². The lowest BCUT2D eigenvalue weighted by molar-refractivity contribution is -0.126. The Morgan fingerprint density at radius 1 is 1.32 bits per heavy atom. The van der Waals surface area contributed by atoms with Gasteiger partial charge < -0.3 is 16.4 Å². The molecule has 0 aromatic carbocycles. The van der Waals surface area contributed by atoms with E-state index in [9.17, 15) is 9.59 Å². The zero-order valence-electron chi connectivity index (χ0n) is 12.4. The molecule has 0 atom stereocenters. The summed E-state index contributed by atoms with van der Waals surface area (Å²) >= 11 is 1.58. The van der Waals surface area contributed by atoms with Gasteiger partial charge in [0.15, 0.2) is 0 Å². The summed E-state index contributed by atoms with van der Waals surface area (Å²) in [5.41, 5.74) is 5.81. The van der Waals surface area contributed by atoms with Gasteiger partial charge >= 0.3 is 0 Å². The third-order valence-electron chi connectivity index (χ3n) is 3.50. The fourth-order valence-corrected chi connectivity index (χ4v) is 3.52. The van der Waals surface area contributed by atoms with Gasteiger partial charge in [-0.05, 0) is 19.8 Å². The van der Waals surface area contributed by atoms with Crippen LogP contribution in [0.25, 0.3) is 0 Å². The van der Waals surface area contributed by atoms with Gasteiger partial charge in [0.25, 0.3) is 0 Å². The minimum Gasteiger partial charge on any atom is -0.346 e. The summed E-state index contributed by atoms with van der Waals surface area (Å²) in [7, 11) is 0. The molecule has 1 heterocycles. The highest BCUT2D eigenvalue weighted by Gasteiger charge is 2.39. The molecule has 0 aliphatic heterocycles. The Bertz CT molecular complexity index is 504. The molecule has 2 rings (SSSR count). The molecular weight excluding hydrogens is 347 g/mol. The van der Waals surface area contributed by atoms with E-state index in [1.165, 1.54) is 0 Å². The van der Waals surface area contributed by atoms with Gasteiger partial charge in [-0.15, -0.1) is 36.2 Å². The van der Waals surface area contributed by atoms with Crippen LogP contribution in [0.4, 0.5) is 0 Å². The number of rotatable bonds is 5. The van der Waals surface area contributed by atoms with Crippen LogP contribution in [0.1, 0.15) is 36.4 Å². The molecule has 1 aromatic rings. The van der Waals surface area contributed by atoms with Gasteiger partial charge in [-0.2, -0.15) is 0 Å². The predicted octanol–water partition coefficient (Wildman–Crippen LogP) is 1.26. The molecule has 4 N–H and O–H groups in total. The van der Waals surface area contributed by atoms with Crippen LogP contribution in [0.3, 0.4) is 0 Å². The van der Waals surface area contributed by atoms with E-state index in [2.05, 4.69) is 15.6 Å². The van der Waals surface area contributed by atoms with Gasteiger partial charge in [0.05, 0.1) is 18.6 Å². The number of aromatic nitrogens is 1. The van der Waals surface area contributed by atoms with Crippen molar-refractivity contribution in [2.45, 2.75) is 38.1 Å². The molecule has 9 heteroatoms. The molecule has 22 heavy (non-hydrogen) atoms. The van der Waals surface area contributed by atoms with Crippen LogP contribution in [-0.4, -0.2) is 29.9 Å². The summed E-state index contributed by atoms with van der Waals surface area (Å²) in [5.74, 6) is -0.521. The molecule has 0 spiro atoms. The van der Waals surface area contributed by atoms with Crippen LogP contribution in [0, 0.1) is 6.92 Å². The van der Waals surface area contributed by atoms with E-state index >= 15 is 0 Å². The van der Waals surface area contributed by atoms with E-state index < -0.39 is 0 Å². The third-order valence-corrected chi connectivity index (χ3v) is 4.66. The van der Waals surface area contributed by atoms with Crippen LogP contribution in [0.15, 0.2) is 5.38 Å². The van der Waals surface area contributed by atoms with Crippen molar-refractivity contribution in [3.05, 3.63) is 16.1 Å². The van der Waals surface area contributed by atoms with Crippen LogP contribution in [-0.2, 0) is 15.1 Å². The molecule has 0 bridgehead atoms. The normalized spacial score (nSPS) is 15.4. The number of nitrogens with one attached hydrogen (secondary N) is 2. The lowest BCUT2D eigenvalue weighted by atomic mass is 9.98. The number of thiazole rings is 1. The van der Waals surface area contributed by atoms with Gasteiger partial charge in [0, 0.05) is 11.1 Å². The lowest BCUT2D eigenvalue weighted by Gasteiger charge is -2.28. The van der Waals surface area contributed by atoms with Crippen LogP contribution in [0.5, 0.6) is 0 Å². The van der Waals surface area contributed by atoms with Crippen LogP contribution in [0.2, 0.25) is 0 Å². The van der Waals surface area contributed by atoms with Gasteiger partial charge in [-0.1, -0.05) is 12.8 Å². The van der Waals surface area contributed by atoms with E-state index in [1.807, 2.05) is 12.3 Å². The van der Waals surface area contributed by atoms with Crippen LogP contribution < -0.4 is 16.4 Å². The van der Waals surface area contributed by atoms with Crippen molar-refractivity contribution in [1.82, 2.24) is 15.6 Å². The average Bonchev–Trinajstić information content (AvgIpc) is 3.06. The minimum absolute atomic E-state index is 0. The summed E-state index contributed by atoms with van der Waals surface area (Å²) in [6.45, 7) is 1.80. The zero-order valence-corrected chi connectivity index (χ0v) is 14.8. The molecule has 126 valence electrons. The third kappa shape index (κ3) is 5.08. The molecule has 0 unspecified atom stereocenters. The molecular formula is C13H22Cl2N4O2S. The van der Waals surface area contributed by atoms with Crippen LogP contribution >= 0.6 is 36.2 Å². The maximum atomic E-state index is 12.0.